The molecule has 0 unspecified atom stereocenters. The zero-order valence-corrected chi connectivity index (χ0v) is 20.9. The van der Waals surface area contributed by atoms with Crippen LogP contribution in [-0.4, -0.2) is 21.5 Å². The highest BCUT2D eigenvalue weighted by molar-refractivity contribution is 7.89. The molecule has 3 rings (SSSR count). The summed E-state index contributed by atoms with van der Waals surface area (Å²) < 4.78 is 31.4. The lowest BCUT2D eigenvalue weighted by Crippen LogP contribution is -2.24. The highest BCUT2D eigenvalue weighted by Gasteiger charge is 2.22. The second-order valence-corrected chi connectivity index (χ2v) is 9.85. The van der Waals surface area contributed by atoms with Crippen molar-refractivity contribution in [2.45, 2.75) is 51.0 Å². The van der Waals surface area contributed by atoms with E-state index in [0.29, 0.717) is 24.5 Å². The van der Waals surface area contributed by atoms with Crippen molar-refractivity contribution in [1.82, 2.24) is 0 Å². The molecule has 0 bridgehead atoms. The molecular formula is C27H35N3O3S. The first-order valence-corrected chi connectivity index (χ1v) is 13.4. The molecule has 0 spiro atoms. The summed E-state index contributed by atoms with van der Waals surface area (Å²) in [6, 6.07) is 22.9. The summed E-state index contributed by atoms with van der Waals surface area (Å²) in [5.41, 5.74) is 2.57. The summed E-state index contributed by atoms with van der Waals surface area (Å²) in [6.45, 7) is 6.40. The molecule has 0 aliphatic rings. The average molecular weight is 482 g/mol. The maximum absolute atomic E-state index is 12.7. The molecule has 0 heterocycles. The van der Waals surface area contributed by atoms with Gasteiger partial charge in [-0.1, -0.05) is 63.1 Å². The molecule has 0 atom stereocenters. The maximum atomic E-state index is 12.7. The fraction of sp³-hybridized carbons (Fsp3) is 0.333. The Kier molecular flexibility index (Phi) is 9.36. The van der Waals surface area contributed by atoms with E-state index in [4.69, 9.17) is 9.88 Å². The van der Waals surface area contributed by atoms with Crippen molar-refractivity contribution in [3.63, 3.8) is 0 Å². The first-order chi connectivity index (χ1) is 16.4. The van der Waals surface area contributed by atoms with Crippen LogP contribution in [0.5, 0.6) is 11.5 Å². The molecule has 0 amide bonds. The van der Waals surface area contributed by atoms with Crippen LogP contribution in [0.4, 0.5) is 11.4 Å². The number of ether oxygens (including phenoxy) is 1. The Balaban J connectivity index is 2.05. The molecule has 7 heteroatoms. The standard InChI is InChI=1S/C27H35N3O3S/c1-3-5-17-29-25-19-22(21-30(18-6-4-2)23-13-9-7-10-14-23)20-26(34(28,31)32)27(25)33-24-15-11-8-12-16-24/h7-16,19-20,29H,3-6,17-18,21H2,1-2H3,(H2,28,31,32). The number of hydrogen-bond acceptors (Lipinski definition) is 5. The SMILES string of the molecule is CCCCNc1cc(CN(CCCC)c2ccccc2)cc(S(N)(=O)=O)c1Oc1ccccc1. The number of benzene rings is 3. The quantitative estimate of drug-likeness (QED) is 0.286. The van der Waals surface area contributed by atoms with E-state index in [1.807, 2.05) is 42.5 Å². The third-order valence-corrected chi connectivity index (χ3v) is 6.42. The van der Waals surface area contributed by atoms with Crippen LogP contribution in [0.2, 0.25) is 0 Å². The maximum Gasteiger partial charge on any atom is 0.241 e. The molecule has 182 valence electrons. The molecule has 3 aromatic rings. The number of unbranched alkanes of at least 4 members (excludes halogenated alkanes) is 2. The summed E-state index contributed by atoms with van der Waals surface area (Å²) in [7, 11) is -4.03. The zero-order chi connectivity index (χ0) is 24.4. The Hall–Kier alpha value is -3.03. The van der Waals surface area contributed by atoms with Crippen LogP contribution < -0.4 is 20.1 Å². The van der Waals surface area contributed by atoms with Crippen molar-refractivity contribution in [3.8, 4) is 11.5 Å². The van der Waals surface area contributed by atoms with Crippen molar-refractivity contribution < 1.29 is 13.2 Å². The predicted octanol–water partition coefficient (Wildman–Crippen LogP) is 6.15. The number of sulfonamides is 1. The topological polar surface area (TPSA) is 84.7 Å². The van der Waals surface area contributed by atoms with Crippen molar-refractivity contribution >= 4 is 21.4 Å². The molecule has 34 heavy (non-hydrogen) atoms. The molecule has 0 fully saturated rings. The Morgan fingerprint density at radius 1 is 0.912 bits per heavy atom. The number of anilines is 2. The van der Waals surface area contributed by atoms with Crippen molar-refractivity contribution in [2.75, 3.05) is 23.3 Å². The van der Waals surface area contributed by atoms with E-state index in [0.717, 1.165) is 43.5 Å². The molecule has 0 saturated carbocycles. The lowest BCUT2D eigenvalue weighted by Gasteiger charge is -2.26. The summed E-state index contributed by atoms with van der Waals surface area (Å²) in [5.74, 6) is 0.779. The predicted molar refractivity (Wildman–Crippen MR) is 140 cm³/mol. The van der Waals surface area contributed by atoms with Gasteiger partial charge in [0.1, 0.15) is 10.6 Å². The highest BCUT2D eigenvalue weighted by Crippen LogP contribution is 2.37. The van der Waals surface area contributed by atoms with E-state index >= 15 is 0 Å². The second kappa shape index (κ2) is 12.4. The molecule has 6 nitrogen and oxygen atoms in total. The minimum absolute atomic E-state index is 0.0173. The lowest BCUT2D eigenvalue weighted by atomic mass is 10.1. The van der Waals surface area contributed by atoms with Crippen molar-refractivity contribution in [3.05, 3.63) is 78.4 Å². The zero-order valence-electron chi connectivity index (χ0n) is 20.0. The second-order valence-electron chi connectivity index (χ2n) is 8.32. The van der Waals surface area contributed by atoms with Crippen LogP contribution in [0.15, 0.2) is 77.7 Å². The third kappa shape index (κ3) is 7.23. The number of nitrogens with zero attached hydrogens (tertiary/aromatic N) is 1. The van der Waals surface area contributed by atoms with E-state index in [9.17, 15) is 8.42 Å². The Morgan fingerprint density at radius 3 is 2.18 bits per heavy atom. The van der Waals surface area contributed by atoms with Gasteiger partial charge in [0.25, 0.3) is 0 Å². The Morgan fingerprint density at radius 2 is 1.56 bits per heavy atom. The number of rotatable bonds is 13. The van der Waals surface area contributed by atoms with Gasteiger partial charge in [0, 0.05) is 25.3 Å². The van der Waals surface area contributed by atoms with Crippen LogP contribution in [0, 0.1) is 0 Å². The average Bonchev–Trinajstić information content (AvgIpc) is 2.83. The van der Waals surface area contributed by atoms with Gasteiger partial charge in [0.2, 0.25) is 10.0 Å². The first-order valence-electron chi connectivity index (χ1n) is 11.9. The largest absolute Gasteiger partial charge is 0.454 e. The van der Waals surface area contributed by atoms with Gasteiger partial charge in [-0.25, -0.2) is 13.6 Å². The number of nitrogens with two attached hydrogens (primary N) is 1. The smallest absolute Gasteiger partial charge is 0.241 e. The summed E-state index contributed by atoms with van der Waals surface area (Å²) in [5, 5.41) is 9.06. The minimum atomic E-state index is -4.03. The highest BCUT2D eigenvalue weighted by atomic mass is 32.2. The first kappa shape index (κ1) is 25.6. The van der Waals surface area contributed by atoms with Gasteiger partial charge >= 0.3 is 0 Å². The number of para-hydroxylation sites is 2. The van der Waals surface area contributed by atoms with Crippen LogP contribution in [0.3, 0.4) is 0 Å². The van der Waals surface area contributed by atoms with Crippen LogP contribution in [0.25, 0.3) is 0 Å². The molecule has 0 saturated heterocycles. The monoisotopic (exact) mass is 481 g/mol. The Bertz CT molecular complexity index is 1140. The molecule has 0 aromatic heterocycles. The van der Waals surface area contributed by atoms with E-state index in [1.165, 1.54) is 0 Å². The minimum Gasteiger partial charge on any atom is -0.454 e. The molecule has 3 N–H and O–H groups in total. The van der Waals surface area contributed by atoms with Gasteiger partial charge < -0.3 is 15.0 Å². The van der Waals surface area contributed by atoms with Gasteiger partial charge in [-0.15, -0.1) is 0 Å². The van der Waals surface area contributed by atoms with Crippen molar-refractivity contribution in [1.29, 1.82) is 0 Å². The Labute approximate surface area is 203 Å². The third-order valence-electron chi connectivity index (χ3n) is 5.51. The van der Waals surface area contributed by atoms with Gasteiger partial charge in [0.05, 0.1) is 5.69 Å². The normalized spacial score (nSPS) is 11.3. The summed E-state index contributed by atoms with van der Waals surface area (Å²) >= 11 is 0. The number of primary sulfonamides is 1. The summed E-state index contributed by atoms with van der Waals surface area (Å²) in [4.78, 5) is 2.25. The fourth-order valence-electron chi connectivity index (χ4n) is 3.71. The van der Waals surface area contributed by atoms with Gasteiger partial charge in [-0.05, 0) is 54.8 Å². The summed E-state index contributed by atoms with van der Waals surface area (Å²) in [6.07, 6.45) is 4.07. The van der Waals surface area contributed by atoms with E-state index in [2.05, 4.69) is 36.2 Å². The van der Waals surface area contributed by atoms with Crippen LogP contribution in [0.1, 0.15) is 45.1 Å². The van der Waals surface area contributed by atoms with Crippen LogP contribution in [-0.2, 0) is 16.6 Å². The molecular weight excluding hydrogens is 446 g/mol. The molecule has 0 aliphatic heterocycles. The number of hydrogen-bond donors (Lipinski definition) is 2. The lowest BCUT2D eigenvalue weighted by molar-refractivity contribution is 0.469. The van der Waals surface area contributed by atoms with Crippen molar-refractivity contribution in [2.24, 2.45) is 5.14 Å². The van der Waals surface area contributed by atoms with E-state index < -0.39 is 10.0 Å². The van der Waals surface area contributed by atoms with Crippen LogP contribution >= 0.6 is 0 Å². The molecule has 3 aromatic carbocycles. The van der Waals surface area contributed by atoms with E-state index in [1.54, 1.807) is 18.2 Å². The van der Waals surface area contributed by atoms with Gasteiger partial charge in [0.15, 0.2) is 5.75 Å². The van der Waals surface area contributed by atoms with E-state index in [-0.39, 0.29) is 10.6 Å². The fourth-order valence-corrected chi connectivity index (χ4v) is 4.44. The van der Waals surface area contributed by atoms with Gasteiger partial charge in [-0.2, -0.15) is 0 Å². The van der Waals surface area contributed by atoms with Gasteiger partial charge in [-0.3, -0.25) is 0 Å². The molecule has 0 radical (unpaired) electrons. The number of nitrogens with one attached hydrogen (secondary N) is 1. The molecule has 0 aliphatic carbocycles.